The number of benzene rings is 1. The van der Waals surface area contributed by atoms with Crippen LogP contribution < -0.4 is 10.5 Å². The van der Waals surface area contributed by atoms with Gasteiger partial charge in [0.25, 0.3) is 5.56 Å². The summed E-state index contributed by atoms with van der Waals surface area (Å²) in [6, 6.07) is 6.03. The maximum absolute atomic E-state index is 13.1. The van der Waals surface area contributed by atoms with Crippen molar-refractivity contribution >= 4 is 61.4 Å². The number of fused-ring (bicyclic) bond motifs is 1. The highest BCUT2D eigenvalue weighted by atomic mass is 32.2. The maximum atomic E-state index is 13.1. The SMILES string of the molecule is CCn1c(SCc2csc(N(C(C)=O)c3ccc(C)cc3C)n2)nc2sc(C)c(C)c2c1=O. The van der Waals surface area contributed by atoms with Crippen molar-refractivity contribution in [3.8, 4) is 0 Å². The van der Waals surface area contributed by atoms with E-state index in [2.05, 4.69) is 6.07 Å². The van der Waals surface area contributed by atoms with E-state index in [1.165, 1.54) is 23.1 Å². The van der Waals surface area contributed by atoms with Crippen molar-refractivity contribution in [1.82, 2.24) is 14.5 Å². The molecule has 33 heavy (non-hydrogen) atoms. The van der Waals surface area contributed by atoms with Gasteiger partial charge in [0.2, 0.25) is 5.91 Å². The molecule has 0 saturated carbocycles. The fraction of sp³-hybridized carbons (Fsp3) is 0.333. The first-order valence-electron chi connectivity index (χ1n) is 10.7. The van der Waals surface area contributed by atoms with Gasteiger partial charge in [-0.1, -0.05) is 29.5 Å². The highest BCUT2D eigenvalue weighted by molar-refractivity contribution is 7.98. The molecule has 0 radical (unpaired) electrons. The normalized spacial score (nSPS) is 11.3. The summed E-state index contributed by atoms with van der Waals surface area (Å²) in [5, 5.41) is 4.04. The van der Waals surface area contributed by atoms with Crippen molar-refractivity contribution in [2.45, 2.75) is 59.0 Å². The number of nitrogens with zero attached hydrogens (tertiary/aromatic N) is 4. The van der Waals surface area contributed by atoms with E-state index in [9.17, 15) is 9.59 Å². The van der Waals surface area contributed by atoms with Gasteiger partial charge in [-0.2, -0.15) is 0 Å². The van der Waals surface area contributed by atoms with Crippen LogP contribution in [0.15, 0.2) is 33.5 Å². The molecule has 0 aliphatic heterocycles. The summed E-state index contributed by atoms with van der Waals surface area (Å²) in [6.07, 6.45) is 0. The summed E-state index contributed by atoms with van der Waals surface area (Å²) in [6.45, 7) is 12.1. The van der Waals surface area contributed by atoms with Crippen LogP contribution in [0.5, 0.6) is 0 Å². The number of thiazole rings is 1. The topological polar surface area (TPSA) is 68.1 Å². The number of hydrogen-bond donors (Lipinski definition) is 0. The Labute approximate surface area is 205 Å². The maximum Gasteiger partial charge on any atom is 0.263 e. The minimum Gasteiger partial charge on any atom is -0.287 e. The Hall–Kier alpha value is -2.49. The molecule has 0 bridgehead atoms. The third-order valence-electron chi connectivity index (χ3n) is 5.56. The summed E-state index contributed by atoms with van der Waals surface area (Å²) in [4.78, 5) is 38.7. The number of carbonyl (C=O) groups is 1. The molecule has 0 atom stereocenters. The van der Waals surface area contributed by atoms with Crippen LogP contribution >= 0.6 is 34.4 Å². The fourth-order valence-corrected chi connectivity index (χ4v) is 6.78. The van der Waals surface area contributed by atoms with Gasteiger partial charge in [0.15, 0.2) is 10.3 Å². The first-order valence-corrected chi connectivity index (χ1v) is 13.3. The molecule has 6 nitrogen and oxygen atoms in total. The number of amides is 1. The van der Waals surface area contributed by atoms with Crippen molar-refractivity contribution in [2.75, 3.05) is 4.90 Å². The van der Waals surface area contributed by atoms with Gasteiger partial charge in [0.05, 0.1) is 16.8 Å². The molecular formula is C24H26N4O2S3. The van der Waals surface area contributed by atoms with Gasteiger partial charge in [0.1, 0.15) is 4.83 Å². The molecule has 3 heterocycles. The second kappa shape index (κ2) is 9.40. The zero-order valence-electron chi connectivity index (χ0n) is 19.6. The van der Waals surface area contributed by atoms with Gasteiger partial charge in [-0.25, -0.2) is 9.97 Å². The summed E-state index contributed by atoms with van der Waals surface area (Å²) < 4.78 is 1.73. The van der Waals surface area contributed by atoms with E-state index in [1.807, 2.05) is 52.1 Å². The molecule has 3 aromatic heterocycles. The number of rotatable bonds is 6. The molecule has 0 saturated heterocycles. The van der Waals surface area contributed by atoms with Crippen molar-refractivity contribution in [1.29, 1.82) is 0 Å². The standard InChI is InChI=1S/C24H26N4O2S3/c1-7-27-22(30)20-15(4)16(5)33-21(20)26-23(27)31-11-18-12-32-24(25-18)28(17(6)29)19-9-8-13(2)10-14(19)3/h8-10,12H,7,11H2,1-6H3. The van der Waals surface area contributed by atoms with Crippen LogP contribution in [-0.4, -0.2) is 20.4 Å². The van der Waals surface area contributed by atoms with Crippen LogP contribution in [0.4, 0.5) is 10.8 Å². The number of carbonyl (C=O) groups excluding carboxylic acids is 1. The zero-order chi connectivity index (χ0) is 23.9. The number of aromatic nitrogens is 3. The summed E-state index contributed by atoms with van der Waals surface area (Å²) in [7, 11) is 0. The molecule has 1 aromatic carbocycles. The number of thiophene rings is 1. The van der Waals surface area contributed by atoms with Gasteiger partial charge in [-0.3, -0.25) is 19.1 Å². The van der Waals surface area contributed by atoms with Crippen molar-refractivity contribution in [3.63, 3.8) is 0 Å². The molecule has 0 unspecified atom stereocenters. The lowest BCUT2D eigenvalue weighted by Gasteiger charge is -2.20. The summed E-state index contributed by atoms with van der Waals surface area (Å²) in [5.74, 6) is 0.488. The van der Waals surface area contributed by atoms with E-state index in [4.69, 9.17) is 9.97 Å². The van der Waals surface area contributed by atoms with Crippen molar-refractivity contribution in [3.05, 3.63) is 61.2 Å². The highest BCUT2D eigenvalue weighted by Crippen LogP contribution is 2.34. The minimum atomic E-state index is -0.0779. The predicted molar refractivity (Wildman–Crippen MR) is 139 cm³/mol. The van der Waals surface area contributed by atoms with Crippen LogP contribution in [0.2, 0.25) is 0 Å². The number of aryl methyl sites for hydroxylation is 4. The average molecular weight is 499 g/mol. The Balaban J connectivity index is 1.62. The molecule has 172 valence electrons. The number of hydrogen-bond acceptors (Lipinski definition) is 7. The molecule has 9 heteroatoms. The monoisotopic (exact) mass is 498 g/mol. The zero-order valence-corrected chi connectivity index (χ0v) is 22.0. The first-order chi connectivity index (χ1) is 15.7. The molecule has 4 aromatic rings. The largest absolute Gasteiger partial charge is 0.287 e. The molecule has 0 spiro atoms. The van der Waals surface area contributed by atoms with Crippen molar-refractivity contribution in [2.24, 2.45) is 0 Å². The van der Waals surface area contributed by atoms with Crippen molar-refractivity contribution < 1.29 is 4.79 Å². The van der Waals surface area contributed by atoms with Crippen LogP contribution in [-0.2, 0) is 17.1 Å². The summed E-state index contributed by atoms with van der Waals surface area (Å²) in [5.41, 5.74) is 4.92. The van der Waals surface area contributed by atoms with Crippen LogP contribution in [0.25, 0.3) is 10.2 Å². The second-order valence-electron chi connectivity index (χ2n) is 7.96. The first kappa shape index (κ1) is 23.7. The molecule has 1 amide bonds. The van der Waals surface area contributed by atoms with Crippen LogP contribution in [0.3, 0.4) is 0 Å². The van der Waals surface area contributed by atoms with E-state index >= 15 is 0 Å². The van der Waals surface area contributed by atoms with E-state index in [0.717, 1.165) is 43.2 Å². The minimum absolute atomic E-state index is 0.0171. The lowest BCUT2D eigenvalue weighted by Crippen LogP contribution is -2.23. The number of thioether (sulfide) groups is 1. The Bertz CT molecular complexity index is 1420. The van der Waals surface area contributed by atoms with Gasteiger partial charge in [-0.15, -0.1) is 22.7 Å². The van der Waals surface area contributed by atoms with Crippen LogP contribution in [0.1, 0.15) is 41.1 Å². The Morgan fingerprint density at radius 1 is 1.18 bits per heavy atom. The van der Waals surface area contributed by atoms with Gasteiger partial charge in [0, 0.05) is 29.5 Å². The van der Waals surface area contributed by atoms with Crippen LogP contribution in [0, 0.1) is 27.7 Å². The summed E-state index contributed by atoms with van der Waals surface area (Å²) >= 11 is 4.51. The number of anilines is 2. The van der Waals surface area contributed by atoms with E-state index in [-0.39, 0.29) is 11.5 Å². The Morgan fingerprint density at radius 2 is 1.94 bits per heavy atom. The quantitative estimate of drug-likeness (QED) is 0.236. The Morgan fingerprint density at radius 3 is 2.61 bits per heavy atom. The fourth-order valence-electron chi connectivity index (χ4n) is 3.77. The molecule has 4 rings (SSSR count). The van der Waals surface area contributed by atoms with E-state index in [1.54, 1.807) is 27.7 Å². The molecule has 0 aliphatic rings. The third kappa shape index (κ3) is 4.49. The third-order valence-corrected chi connectivity index (χ3v) is 8.54. The van der Waals surface area contributed by atoms with E-state index in [0.29, 0.717) is 22.6 Å². The molecular weight excluding hydrogens is 472 g/mol. The van der Waals surface area contributed by atoms with E-state index < -0.39 is 0 Å². The average Bonchev–Trinajstić information content (AvgIpc) is 3.32. The molecule has 0 aliphatic carbocycles. The molecule has 0 fully saturated rings. The molecule has 0 N–H and O–H groups in total. The lowest BCUT2D eigenvalue weighted by atomic mass is 10.1. The lowest BCUT2D eigenvalue weighted by molar-refractivity contribution is -0.115. The predicted octanol–water partition coefficient (Wildman–Crippen LogP) is 6.14. The van der Waals surface area contributed by atoms with Gasteiger partial charge in [-0.05, 0) is 51.8 Å². The second-order valence-corrected chi connectivity index (χ2v) is 10.9. The smallest absolute Gasteiger partial charge is 0.263 e. The van der Waals surface area contributed by atoms with Gasteiger partial charge < -0.3 is 0 Å². The Kier molecular flexibility index (Phi) is 6.74. The van der Waals surface area contributed by atoms with Gasteiger partial charge >= 0.3 is 0 Å². The highest BCUT2D eigenvalue weighted by Gasteiger charge is 2.21.